The van der Waals surface area contributed by atoms with Crippen molar-refractivity contribution in [3.8, 4) is 0 Å². The first-order valence-electron chi connectivity index (χ1n) is 8.49. The van der Waals surface area contributed by atoms with Crippen LogP contribution in [0.1, 0.15) is 26.0 Å². The van der Waals surface area contributed by atoms with E-state index in [0.717, 1.165) is 0 Å². The molecule has 0 saturated carbocycles. The molecule has 2 rings (SSSR count). The Kier molecular flexibility index (Phi) is 6.62. The summed E-state index contributed by atoms with van der Waals surface area (Å²) in [5.41, 5.74) is 0.307. The molecule has 0 fully saturated rings. The van der Waals surface area contributed by atoms with E-state index in [1.807, 2.05) is 6.92 Å². The normalized spacial score (nSPS) is 13.4. The second kappa shape index (κ2) is 8.74. The van der Waals surface area contributed by atoms with Crippen molar-refractivity contribution in [2.75, 3.05) is 10.0 Å². The van der Waals surface area contributed by atoms with Gasteiger partial charge in [-0.25, -0.2) is 18.0 Å². The number of carboxylic acids is 1. The van der Waals surface area contributed by atoms with Gasteiger partial charge in [0.2, 0.25) is 0 Å². The highest BCUT2D eigenvalue weighted by Gasteiger charge is 2.25. The van der Waals surface area contributed by atoms with Crippen molar-refractivity contribution in [3.63, 3.8) is 0 Å². The Morgan fingerprint density at radius 2 is 1.89 bits per heavy atom. The Labute approximate surface area is 162 Å². The van der Waals surface area contributed by atoms with Crippen LogP contribution < -0.4 is 15.4 Å². The number of hydrogen-bond donors (Lipinski definition) is 4. The Hall–Kier alpha value is -3.08. The molecule has 28 heavy (non-hydrogen) atoms. The molecule has 152 valence electrons. The summed E-state index contributed by atoms with van der Waals surface area (Å²) in [5.74, 6) is -0.855. The van der Waals surface area contributed by atoms with Gasteiger partial charge >= 0.3 is 12.0 Å². The van der Waals surface area contributed by atoms with Gasteiger partial charge in [0.25, 0.3) is 10.0 Å². The summed E-state index contributed by atoms with van der Waals surface area (Å²) in [7, 11) is -3.87. The van der Waals surface area contributed by atoms with Crippen LogP contribution in [-0.2, 0) is 14.8 Å². The summed E-state index contributed by atoms with van der Waals surface area (Å²) < 4.78 is 31.7. The number of urea groups is 1. The third-order valence-electron chi connectivity index (χ3n) is 4.06. The predicted molar refractivity (Wildman–Crippen MR) is 102 cm³/mol. The number of carbonyl (C=O) groups is 2. The number of carboxylic acid groups (broad SMARTS) is 1. The van der Waals surface area contributed by atoms with Crippen molar-refractivity contribution in [2.45, 2.75) is 38.1 Å². The van der Waals surface area contributed by atoms with E-state index in [1.165, 1.54) is 30.3 Å². The third-order valence-corrected chi connectivity index (χ3v) is 5.43. The molecule has 0 bridgehead atoms. The van der Waals surface area contributed by atoms with E-state index in [2.05, 4.69) is 20.5 Å². The van der Waals surface area contributed by atoms with E-state index in [0.29, 0.717) is 17.9 Å². The standard InChI is InChI=1S/C17H22N4O6S/c1-4-10(2)15(16(22)23)19-17(24)18-12-5-7-13(8-6-12)28(25,26)21-14-9-11(3)27-20-14/h5-10,15H,4H2,1-3H3,(H,20,21)(H,22,23)(H2,18,19,24). The van der Waals surface area contributed by atoms with Gasteiger partial charge in [-0.2, -0.15) is 0 Å². The molecule has 0 aliphatic rings. The van der Waals surface area contributed by atoms with Crippen molar-refractivity contribution in [1.29, 1.82) is 0 Å². The number of nitrogens with one attached hydrogen (secondary N) is 3. The smallest absolute Gasteiger partial charge is 0.326 e. The lowest BCUT2D eigenvalue weighted by Gasteiger charge is -2.20. The first-order chi connectivity index (χ1) is 13.1. The van der Waals surface area contributed by atoms with E-state index >= 15 is 0 Å². The summed E-state index contributed by atoms with van der Waals surface area (Å²) in [6, 6.07) is 5.10. The minimum Gasteiger partial charge on any atom is -0.480 e. The van der Waals surface area contributed by atoms with E-state index in [9.17, 15) is 23.1 Å². The highest BCUT2D eigenvalue weighted by Crippen LogP contribution is 2.18. The van der Waals surface area contributed by atoms with Crippen molar-refractivity contribution in [3.05, 3.63) is 36.1 Å². The van der Waals surface area contributed by atoms with Gasteiger partial charge in [-0.05, 0) is 37.1 Å². The molecule has 0 aliphatic carbocycles. The predicted octanol–water partition coefficient (Wildman–Crippen LogP) is 2.40. The number of rotatable bonds is 8. The lowest BCUT2D eigenvalue weighted by Crippen LogP contribution is -2.46. The number of amides is 2. The van der Waals surface area contributed by atoms with E-state index in [1.54, 1.807) is 13.8 Å². The van der Waals surface area contributed by atoms with Crippen LogP contribution in [0.3, 0.4) is 0 Å². The fourth-order valence-corrected chi connectivity index (χ4v) is 3.30. The number of benzene rings is 1. The summed E-state index contributed by atoms with van der Waals surface area (Å²) >= 11 is 0. The maximum atomic E-state index is 12.3. The van der Waals surface area contributed by atoms with Crippen molar-refractivity contribution < 1.29 is 27.6 Å². The molecule has 2 unspecified atom stereocenters. The molecule has 11 heteroatoms. The number of carbonyl (C=O) groups excluding carboxylic acids is 1. The van der Waals surface area contributed by atoms with Crippen LogP contribution >= 0.6 is 0 Å². The van der Waals surface area contributed by atoms with Gasteiger partial charge < -0.3 is 20.3 Å². The van der Waals surface area contributed by atoms with Gasteiger partial charge in [0.1, 0.15) is 11.8 Å². The average Bonchev–Trinajstić information content (AvgIpc) is 3.03. The van der Waals surface area contributed by atoms with Crippen molar-refractivity contribution >= 4 is 33.5 Å². The number of aryl methyl sites for hydroxylation is 1. The molecule has 1 heterocycles. The molecule has 2 atom stereocenters. The lowest BCUT2D eigenvalue weighted by molar-refractivity contribution is -0.140. The second-order valence-corrected chi connectivity index (χ2v) is 7.93. The van der Waals surface area contributed by atoms with E-state index in [4.69, 9.17) is 4.52 Å². The van der Waals surface area contributed by atoms with Crippen LogP contribution in [-0.4, -0.2) is 36.7 Å². The molecule has 0 saturated heterocycles. The Balaban J connectivity index is 2.03. The molecule has 10 nitrogen and oxygen atoms in total. The number of sulfonamides is 1. The van der Waals surface area contributed by atoms with Crippen LogP contribution in [0.4, 0.5) is 16.3 Å². The highest BCUT2D eigenvalue weighted by molar-refractivity contribution is 7.92. The van der Waals surface area contributed by atoms with Crippen LogP contribution in [0, 0.1) is 12.8 Å². The Bertz CT molecular complexity index is 939. The monoisotopic (exact) mass is 410 g/mol. The SMILES string of the molecule is CCC(C)C(NC(=O)Nc1ccc(S(=O)(=O)Nc2cc(C)on2)cc1)C(=O)O. The molecule has 0 spiro atoms. The van der Waals surface area contributed by atoms with Crippen molar-refractivity contribution in [2.24, 2.45) is 5.92 Å². The van der Waals surface area contributed by atoms with Crippen LogP contribution in [0.15, 0.2) is 39.8 Å². The fraction of sp³-hybridized carbons (Fsp3) is 0.353. The summed E-state index contributed by atoms with van der Waals surface area (Å²) in [6.45, 7) is 5.18. The number of aliphatic carboxylic acids is 1. The van der Waals surface area contributed by atoms with Gasteiger partial charge in [-0.1, -0.05) is 25.4 Å². The van der Waals surface area contributed by atoms with E-state index in [-0.39, 0.29) is 16.6 Å². The molecule has 1 aromatic heterocycles. The minimum absolute atomic E-state index is 0.0397. The van der Waals surface area contributed by atoms with Gasteiger partial charge in [0.05, 0.1) is 4.90 Å². The van der Waals surface area contributed by atoms with Crippen LogP contribution in [0.5, 0.6) is 0 Å². The minimum atomic E-state index is -3.87. The van der Waals surface area contributed by atoms with E-state index < -0.39 is 28.1 Å². The molecular formula is C17H22N4O6S. The molecule has 4 N–H and O–H groups in total. The van der Waals surface area contributed by atoms with Gasteiger partial charge in [0.15, 0.2) is 5.82 Å². The molecule has 0 radical (unpaired) electrons. The Morgan fingerprint density at radius 1 is 1.25 bits per heavy atom. The number of hydrogen-bond acceptors (Lipinski definition) is 6. The first-order valence-corrected chi connectivity index (χ1v) is 9.97. The van der Waals surface area contributed by atoms with Gasteiger partial charge in [-0.3, -0.25) is 4.72 Å². The second-order valence-electron chi connectivity index (χ2n) is 6.25. The largest absolute Gasteiger partial charge is 0.480 e. The zero-order valence-corrected chi connectivity index (χ0v) is 16.4. The molecule has 2 aromatic rings. The van der Waals surface area contributed by atoms with Gasteiger partial charge in [-0.15, -0.1) is 0 Å². The number of anilines is 2. The first kappa shape index (κ1) is 21.2. The van der Waals surface area contributed by atoms with Crippen LogP contribution in [0.25, 0.3) is 0 Å². The quantitative estimate of drug-likeness (QED) is 0.521. The zero-order chi connectivity index (χ0) is 20.9. The Morgan fingerprint density at radius 3 is 2.39 bits per heavy atom. The highest BCUT2D eigenvalue weighted by atomic mass is 32.2. The third kappa shape index (κ3) is 5.46. The molecule has 0 aliphatic heterocycles. The lowest BCUT2D eigenvalue weighted by atomic mass is 9.99. The van der Waals surface area contributed by atoms with Gasteiger partial charge in [0, 0.05) is 11.8 Å². The molecular weight excluding hydrogens is 388 g/mol. The van der Waals surface area contributed by atoms with Crippen molar-refractivity contribution in [1.82, 2.24) is 10.5 Å². The zero-order valence-electron chi connectivity index (χ0n) is 15.6. The molecule has 2 amide bonds. The molecule has 1 aromatic carbocycles. The number of aromatic nitrogens is 1. The summed E-state index contributed by atoms with van der Waals surface area (Å²) in [5, 5.41) is 17.7. The maximum Gasteiger partial charge on any atom is 0.326 e. The van der Waals surface area contributed by atoms with Crippen LogP contribution in [0.2, 0.25) is 0 Å². The maximum absolute atomic E-state index is 12.3. The average molecular weight is 410 g/mol. The number of nitrogens with zero attached hydrogens (tertiary/aromatic N) is 1. The summed E-state index contributed by atoms with van der Waals surface area (Å²) in [4.78, 5) is 23.3. The topological polar surface area (TPSA) is 151 Å². The fourth-order valence-electron chi connectivity index (χ4n) is 2.32. The summed E-state index contributed by atoms with van der Waals surface area (Å²) in [6.07, 6.45) is 0.585.